The minimum absolute atomic E-state index is 0.0219. The van der Waals surface area contributed by atoms with Crippen LogP contribution < -0.4 is 17.2 Å². The summed E-state index contributed by atoms with van der Waals surface area (Å²) in [7, 11) is 0. The van der Waals surface area contributed by atoms with Gasteiger partial charge in [-0.05, 0) is 88.9 Å². The van der Waals surface area contributed by atoms with E-state index in [0.717, 1.165) is 22.3 Å². The van der Waals surface area contributed by atoms with Gasteiger partial charge in [0.05, 0.1) is 5.69 Å². The maximum atomic E-state index is 9.81. The summed E-state index contributed by atoms with van der Waals surface area (Å²) in [5.41, 5.74) is 20.7. The van der Waals surface area contributed by atoms with Gasteiger partial charge in [-0.15, -0.1) is 11.8 Å². The number of allylic oxidation sites excluding steroid dienone is 1. The predicted octanol–water partition coefficient (Wildman–Crippen LogP) is 7.22. The molecule has 0 fully saturated rings. The van der Waals surface area contributed by atoms with Crippen molar-refractivity contribution in [1.82, 2.24) is 0 Å². The van der Waals surface area contributed by atoms with E-state index in [-0.39, 0.29) is 39.8 Å². The summed E-state index contributed by atoms with van der Waals surface area (Å²) in [6, 6.07) is 24.5. The Morgan fingerprint density at radius 3 is 1.39 bits per heavy atom. The van der Waals surface area contributed by atoms with Crippen molar-refractivity contribution >= 4 is 29.1 Å². The standard InChI is InChI=1S/C16H19N3O2.C15H17NO2.C4H8S/c1-16(2,10-3-6-12(20)7-4-10)11-5-8-14(21)13(9-11)19-15(17)18;1-15(2,10-3-6-12(17)7-4-10)11-5-8-14(18)13(16)9-11;1-4(2)5-3/h3-9,20-21H,1-2H3,(H4,17,18,19);3-9,17-18H,16H2,1-2H3;1H2,2-3H3. The predicted molar refractivity (Wildman–Crippen MR) is 185 cm³/mol. The number of hydrogen-bond acceptors (Lipinski definition) is 7. The van der Waals surface area contributed by atoms with Gasteiger partial charge >= 0.3 is 0 Å². The van der Waals surface area contributed by atoms with Gasteiger partial charge in [0.2, 0.25) is 0 Å². The van der Waals surface area contributed by atoms with Gasteiger partial charge < -0.3 is 37.6 Å². The van der Waals surface area contributed by atoms with Crippen LogP contribution in [-0.4, -0.2) is 32.6 Å². The number of phenolic OH excluding ortho intramolecular Hbond substituents is 4. The van der Waals surface area contributed by atoms with Crippen LogP contribution in [0.25, 0.3) is 0 Å². The van der Waals surface area contributed by atoms with E-state index in [1.807, 2.05) is 63.4 Å². The molecule has 0 amide bonds. The van der Waals surface area contributed by atoms with Crippen molar-refractivity contribution < 1.29 is 20.4 Å². The van der Waals surface area contributed by atoms with E-state index >= 15 is 0 Å². The first-order chi connectivity index (χ1) is 20.5. The molecule has 0 saturated carbocycles. The molecule has 4 aromatic rings. The Bertz CT molecular complexity index is 1580. The van der Waals surface area contributed by atoms with Gasteiger partial charge in [0.1, 0.15) is 28.7 Å². The van der Waals surface area contributed by atoms with Crippen LogP contribution in [0.3, 0.4) is 0 Å². The maximum absolute atomic E-state index is 9.81. The van der Waals surface area contributed by atoms with Crippen molar-refractivity contribution in [2.24, 2.45) is 16.5 Å². The molecule has 234 valence electrons. The average molecular weight is 617 g/mol. The van der Waals surface area contributed by atoms with Gasteiger partial charge in [0.25, 0.3) is 0 Å². The van der Waals surface area contributed by atoms with E-state index in [2.05, 4.69) is 25.4 Å². The molecule has 0 spiro atoms. The molecule has 0 atom stereocenters. The number of aliphatic imine (C=N–C) groups is 1. The van der Waals surface area contributed by atoms with Crippen LogP contribution in [0.2, 0.25) is 0 Å². The third kappa shape index (κ3) is 9.64. The molecular formula is C35H44N4O4S. The molecule has 0 aliphatic rings. The second-order valence-corrected chi connectivity index (χ2v) is 12.4. The molecule has 0 heterocycles. The zero-order chi connectivity index (χ0) is 33.2. The lowest BCUT2D eigenvalue weighted by atomic mass is 9.78. The smallest absolute Gasteiger partial charge is 0.191 e. The number of hydrogen-bond donors (Lipinski definition) is 7. The highest BCUT2D eigenvalue weighted by Gasteiger charge is 2.25. The molecule has 0 aromatic heterocycles. The zero-order valence-corrected chi connectivity index (χ0v) is 27.0. The second kappa shape index (κ2) is 15.1. The number of nitrogens with two attached hydrogens (primary N) is 3. The fourth-order valence-electron chi connectivity index (χ4n) is 4.17. The SMILES string of the molecule is C=C(C)SC.CC(C)(c1ccc(O)cc1)c1ccc(O)c(N)c1.CC(C)(c1ccc(O)cc1)c1ccc(O)c(N=C(N)N)c1. The molecule has 8 nitrogen and oxygen atoms in total. The Morgan fingerprint density at radius 1 is 0.659 bits per heavy atom. The molecule has 9 heteroatoms. The number of benzene rings is 4. The summed E-state index contributed by atoms with van der Waals surface area (Å²) >= 11 is 1.69. The number of guanidine groups is 1. The van der Waals surface area contributed by atoms with Gasteiger partial charge in [-0.25, -0.2) is 4.99 Å². The number of rotatable bonds is 6. The Balaban J connectivity index is 0.000000268. The molecule has 0 saturated heterocycles. The number of phenols is 4. The first-order valence-electron chi connectivity index (χ1n) is 13.8. The topological polar surface area (TPSA) is 171 Å². The zero-order valence-electron chi connectivity index (χ0n) is 26.2. The van der Waals surface area contributed by atoms with Gasteiger partial charge in [-0.1, -0.05) is 70.7 Å². The number of anilines is 1. The van der Waals surface area contributed by atoms with E-state index in [9.17, 15) is 20.4 Å². The number of nitrogen functional groups attached to an aromatic ring is 1. The monoisotopic (exact) mass is 616 g/mol. The Morgan fingerprint density at radius 2 is 1.02 bits per heavy atom. The third-order valence-corrected chi connectivity index (χ3v) is 7.92. The average Bonchev–Trinajstić information content (AvgIpc) is 2.96. The van der Waals surface area contributed by atoms with Crippen molar-refractivity contribution in [1.29, 1.82) is 0 Å². The Labute approximate surface area is 264 Å². The normalized spacial score (nSPS) is 10.9. The summed E-state index contributed by atoms with van der Waals surface area (Å²) in [6.07, 6.45) is 2.02. The molecule has 4 aromatic carbocycles. The van der Waals surface area contributed by atoms with Gasteiger partial charge in [-0.2, -0.15) is 0 Å². The van der Waals surface area contributed by atoms with Gasteiger partial charge in [-0.3, -0.25) is 0 Å². The largest absolute Gasteiger partial charge is 0.508 e. The molecule has 10 N–H and O–H groups in total. The quantitative estimate of drug-likeness (QED) is 0.0515. The van der Waals surface area contributed by atoms with Crippen LogP contribution in [0.15, 0.2) is 101 Å². The van der Waals surface area contributed by atoms with Crippen molar-refractivity contribution in [3.63, 3.8) is 0 Å². The van der Waals surface area contributed by atoms with Gasteiger partial charge in [0, 0.05) is 10.8 Å². The summed E-state index contributed by atoms with van der Waals surface area (Å²) in [4.78, 5) is 5.09. The molecule has 4 rings (SSSR count). The first kappa shape index (κ1) is 35.4. The van der Waals surface area contributed by atoms with E-state index < -0.39 is 0 Å². The summed E-state index contributed by atoms with van der Waals surface area (Å²) in [6.45, 7) is 13.9. The van der Waals surface area contributed by atoms with Crippen molar-refractivity contribution in [3.05, 3.63) is 119 Å². The lowest BCUT2D eigenvalue weighted by Gasteiger charge is -2.26. The highest BCUT2D eigenvalue weighted by molar-refractivity contribution is 8.02. The van der Waals surface area contributed by atoms with Crippen LogP contribution in [0, 0.1) is 0 Å². The molecule has 0 unspecified atom stereocenters. The lowest BCUT2D eigenvalue weighted by Crippen LogP contribution is -2.22. The summed E-state index contributed by atoms with van der Waals surface area (Å²) in [5.74, 6) is 0.486. The first-order valence-corrected chi connectivity index (χ1v) is 15.0. The van der Waals surface area contributed by atoms with E-state index in [1.54, 1.807) is 60.3 Å². The molecule has 0 radical (unpaired) electrons. The van der Waals surface area contributed by atoms with E-state index in [0.29, 0.717) is 11.4 Å². The number of aromatic hydroxyl groups is 4. The fourth-order valence-corrected chi connectivity index (χ4v) is 4.17. The van der Waals surface area contributed by atoms with Crippen molar-refractivity contribution in [3.8, 4) is 23.0 Å². The number of nitrogens with zero attached hydrogens (tertiary/aromatic N) is 1. The fraction of sp³-hybridized carbons (Fsp3) is 0.229. The van der Waals surface area contributed by atoms with Crippen LogP contribution >= 0.6 is 11.8 Å². The Hall–Kier alpha value is -4.76. The molecule has 44 heavy (non-hydrogen) atoms. The maximum Gasteiger partial charge on any atom is 0.191 e. The third-order valence-electron chi connectivity index (χ3n) is 7.22. The lowest BCUT2D eigenvalue weighted by molar-refractivity contribution is 0.473. The highest BCUT2D eigenvalue weighted by atomic mass is 32.2. The summed E-state index contributed by atoms with van der Waals surface area (Å²) in [5, 5.41) is 38.0. The van der Waals surface area contributed by atoms with E-state index in [1.165, 1.54) is 4.91 Å². The minimum atomic E-state index is -0.324. The van der Waals surface area contributed by atoms with Crippen LogP contribution in [0.4, 0.5) is 11.4 Å². The van der Waals surface area contributed by atoms with Gasteiger partial charge in [0.15, 0.2) is 5.96 Å². The highest BCUT2D eigenvalue weighted by Crippen LogP contribution is 2.37. The van der Waals surface area contributed by atoms with Crippen LogP contribution in [0.1, 0.15) is 56.9 Å². The van der Waals surface area contributed by atoms with E-state index in [4.69, 9.17) is 17.2 Å². The molecule has 0 bridgehead atoms. The Kier molecular flexibility index (Phi) is 12.2. The van der Waals surface area contributed by atoms with Crippen LogP contribution in [-0.2, 0) is 10.8 Å². The molecular weight excluding hydrogens is 572 g/mol. The second-order valence-electron chi connectivity index (χ2n) is 11.3. The van der Waals surface area contributed by atoms with Crippen molar-refractivity contribution in [2.45, 2.75) is 45.4 Å². The number of thioether (sulfide) groups is 1. The molecule has 0 aliphatic heterocycles. The van der Waals surface area contributed by atoms with Crippen molar-refractivity contribution in [2.75, 3.05) is 12.0 Å². The van der Waals surface area contributed by atoms with Crippen LogP contribution in [0.5, 0.6) is 23.0 Å². The summed E-state index contributed by atoms with van der Waals surface area (Å²) < 4.78 is 0. The minimum Gasteiger partial charge on any atom is -0.508 e. The molecule has 0 aliphatic carbocycles.